The molecule has 72 heavy (non-hydrogen) atoms. The van der Waals surface area contributed by atoms with Crippen molar-refractivity contribution in [1.29, 1.82) is 0 Å². The van der Waals surface area contributed by atoms with Gasteiger partial charge in [-0.15, -0.1) is 0 Å². The number of amides is 12. The third kappa shape index (κ3) is 19.0. The SMILES string of the molecule is CN(CC(N)=O)C(=O)CNC(=O)CN(C)C(=O)CNC(=O)CN(C)C(=O)CNC(=O)CN(C)C(=O)CNC(=O)CN(C)C(=O)CNC(=O)[C@H](CCC(=O)O)NC(=O)OCC1c2ccccc2-c2ccccc21. The maximum Gasteiger partial charge on any atom is 0.407 e. The van der Waals surface area contributed by atoms with Crippen LogP contribution >= 0.6 is 0 Å². The molecule has 27 heteroatoms. The van der Waals surface area contributed by atoms with Crippen molar-refractivity contribution in [3.05, 3.63) is 59.7 Å². The average molecular weight is 1010 g/mol. The number of alkyl carbamates (subject to hydrolysis) is 1. The molecule has 390 valence electrons. The lowest BCUT2D eigenvalue weighted by Crippen LogP contribution is -2.50. The number of carbonyl (C=O) groups is 13. The fourth-order valence-corrected chi connectivity index (χ4v) is 6.74. The van der Waals surface area contributed by atoms with Gasteiger partial charge in [-0.05, 0) is 28.7 Å². The Kier molecular flexibility index (Phi) is 22.5. The second-order valence-electron chi connectivity index (χ2n) is 16.5. The van der Waals surface area contributed by atoms with Crippen LogP contribution in [0.1, 0.15) is 29.9 Å². The van der Waals surface area contributed by atoms with Gasteiger partial charge in [-0.1, -0.05) is 48.5 Å². The van der Waals surface area contributed by atoms with E-state index in [1.807, 2.05) is 48.5 Å². The molecule has 0 aliphatic heterocycles. The van der Waals surface area contributed by atoms with Crippen LogP contribution in [0.4, 0.5) is 4.79 Å². The van der Waals surface area contributed by atoms with Gasteiger partial charge in [0.1, 0.15) is 12.6 Å². The zero-order valence-electron chi connectivity index (χ0n) is 40.4. The summed E-state index contributed by atoms with van der Waals surface area (Å²) in [6, 6.07) is 13.9. The molecule has 0 bridgehead atoms. The number of benzene rings is 2. The van der Waals surface area contributed by atoms with Crippen LogP contribution in [-0.4, -0.2) is 220 Å². The van der Waals surface area contributed by atoms with Gasteiger partial charge in [-0.25, -0.2) is 4.79 Å². The predicted octanol–water partition coefficient (Wildman–Crippen LogP) is -4.88. The fourth-order valence-electron chi connectivity index (χ4n) is 6.74. The standard InChI is InChI=1S/C45H60N12O15/c1-53(21-33(46)58)38(63)16-47-34(59)22-54(2)39(64)17-48-35(60)23-55(3)40(65)18-49-36(61)24-56(4)41(66)19-50-37(62)25-57(5)42(67)20-51-44(70)32(14-15-43(68)69)52-45(71)72-26-31-29-12-8-6-10-27(29)28-11-7-9-13-30(28)31/h6-13,31-32H,14-26H2,1-5H3,(H2,46,58)(H,47,59)(H,48,60)(H,49,61)(H,50,62)(H,51,70)(H,52,71)(H,68,69)/t32-/m0/s1. The van der Waals surface area contributed by atoms with E-state index in [4.69, 9.17) is 10.5 Å². The van der Waals surface area contributed by atoms with Crippen molar-refractivity contribution in [3.63, 3.8) is 0 Å². The van der Waals surface area contributed by atoms with Gasteiger partial charge in [0.25, 0.3) is 0 Å². The summed E-state index contributed by atoms with van der Waals surface area (Å²) in [5.74, 6) is -9.59. The monoisotopic (exact) mass is 1010 g/mol. The topological polar surface area (TPSA) is 366 Å². The lowest BCUT2D eigenvalue weighted by molar-refractivity contribution is -0.138. The maximum absolute atomic E-state index is 13.1. The Hall–Kier alpha value is -8.65. The Bertz CT molecular complexity index is 2350. The number of nitrogens with one attached hydrogen (secondary N) is 6. The summed E-state index contributed by atoms with van der Waals surface area (Å²) in [6.07, 6.45) is -1.80. The first-order valence-electron chi connectivity index (χ1n) is 22.1. The molecule has 0 fully saturated rings. The molecular weight excluding hydrogens is 949 g/mol. The van der Waals surface area contributed by atoms with Crippen molar-refractivity contribution >= 4 is 77.0 Å². The van der Waals surface area contributed by atoms with Crippen molar-refractivity contribution in [1.82, 2.24) is 56.4 Å². The summed E-state index contributed by atoms with van der Waals surface area (Å²) in [4.78, 5) is 165. The van der Waals surface area contributed by atoms with E-state index in [-0.39, 0.29) is 25.5 Å². The number of carboxylic acids is 1. The molecule has 0 spiro atoms. The number of aliphatic carboxylic acids is 1. The number of likely N-dealkylation sites (N-methyl/N-ethyl adjacent to an activating group) is 5. The van der Waals surface area contributed by atoms with E-state index < -0.39 is 148 Å². The van der Waals surface area contributed by atoms with E-state index in [1.165, 1.54) is 35.2 Å². The minimum atomic E-state index is -1.39. The number of rotatable bonds is 27. The lowest BCUT2D eigenvalue weighted by Gasteiger charge is -2.21. The molecular formula is C45H60N12O15. The van der Waals surface area contributed by atoms with Gasteiger partial charge >= 0.3 is 12.1 Å². The third-order valence-electron chi connectivity index (χ3n) is 10.8. The number of carboxylic acid groups (broad SMARTS) is 1. The van der Waals surface area contributed by atoms with E-state index in [0.717, 1.165) is 46.8 Å². The van der Waals surface area contributed by atoms with E-state index in [9.17, 15) is 67.4 Å². The summed E-state index contributed by atoms with van der Waals surface area (Å²) in [5, 5.41) is 23.1. The third-order valence-corrected chi connectivity index (χ3v) is 10.8. The normalized spacial score (nSPS) is 11.5. The zero-order chi connectivity index (χ0) is 53.7. The van der Waals surface area contributed by atoms with Crippen LogP contribution in [0.15, 0.2) is 48.5 Å². The van der Waals surface area contributed by atoms with Crippen molar-refractivity contribution < 1.29 is 72.2 Å². The molecule has 0 aromatic heterocycles. The number of nitrogens with zero attached hydrogens (tertiary/aromatic N) is 5. The summed E-state index contributed by atoms with van der Waals surface area (Å²) in [5.41, 5.74) is 8.94. The molecule has 0 radical (unpaired) electrons. The Morgan fingerprint density at radius 2 is 0.861 bits per heavy atom. The molecule has 1 aliphatic carbocycles. The summed E-state index contributed by atoms with van der Waals surface area (Å²) >= 11 is 0. The summed E-state index contributed by atoms with van der Waals surface area (Å²) < 4.78 is 5.49. The van der Waals surface area contributed by atoms with E-state index in [2.05, 4.69) is 31.9 Å². The number of nitrogens with two attached hydrogens (primary N) is 1. The van der Waals surface area contributed by atoms with E-state index >= 15 is 0 Å². The average Bonchev–Trinajstić information content (AvgIpc) is 3.65. The van der Waals surface area contributed by atoms with Gasteiger partial charge < -0.3 is 72.0 Å². The number of ether oxygens (including phenoxy) is 1. The van der Waals surface area contributed by atoms with Crippen LogP contribution in [0.3, 0.4) is 0 Å². The number of carbonyl (C=O) groups excluding carboxylic acids is 12. The van der Waals surface area contributed by atoms with Crippen LogP contribution in [0.25, 0.3) is 11.1 Å². The van der Waals surface area contributed by atoms with E-state index in [1.54, 1.807) is 0 Å². The first-order valence-corrected chi connectivity index (χ1v) is 22.1. The van der Waals surface area contributed by atoms with Crippen molar-refractivity contribution in [2.24, 2.45) is 5.73 Å². The van der Waals surface area contributed by atoms with Crippen LogP contribution in [0.5, 0.6) is 0 Å². The largest absolute Gasteiger partial charge is 0.481 e. The molecule has 3 rings (SSSR count). The minimum absolute atomic E-state index is 0.0697. The van der Waals surface area contributed by atoms with Crippen molar-refractivity contribution in [2.45, 2.75) is 24.8 Å². The lowest BCUT2D eigenvalue weighted by atomic mass is 9.98. The Balaban J connectivity index is 1.33. The van der Waals surface area contributed by atoms with E-state index in [0.29, 0.717) is 0 Å². The van der Waals surface area contributed by atoms with Crippen LogP contribution in [0, 0.1) is 0 Å². The number of hydrogen-bond donors (Lipinski definition) is 8. The van der Waals surface area contributed by atoms with Crippen molar-refractivity contribution in [3.8, 4) is 11.1 Å². The number of primary amides is 1. The molecule has 0 saturated carbocycles. The Labute approximate surface area is 413 Å². The molecule has 9 N–H and O–H groups in total. The molecule has 1 atom stereocenters. The van der Waals surface area contributed by atoms with Gasteiger partial charge in [0.15, 0.2) is 0 Å². The fraction of sp³-hybridized carbons (Fsp3) is 0.444. The number of fused-ring (bicyclic) bond motifs is 3. The summed E-state index contributed by atoms with van der Waals surface area (Å²) in [7, 11) is 6.33. The highest BCUT2D eigenvalue weighted by atomic mass is 16.5. The molecule has 0 unspecified atom stereocenters. The van der Waals surface area contributed by atoms with Crippen LogP contribution in [-0.2, 0) is 62.3 Å². The van der Waals surface area contributed by atoms with Gasteiger partial charge in [0, 0.05) is 47.6 Å². The zero-order valence-corrected chi connectivity index (χ0v) is 40.4. The van der Waals surface area contributed by atoms with Crippen LogP contribution < -0.4 is 37.6 Å². The minimum Gasteiger partial charge on any atom is -0.481 e. The van der Waals surface area contributed by atoms with Crippen molar-refractivity contribution in [2.75, 3.05) is 107 Å². The Morgan fingerprint density at radius 3 is 1.21 bits per heavy atom. The smallest absolute Gasteiger partial charge is 0.407 e. The molecule has 1 aliphatic rings. The highest BCUT2D eigenvalue weighted by Gasteiger charge is 2.30. The molecule has 0 saturated heterocycles. The maximum atomic E-state index is 13.1. The van der Waals surface area contributed by atoms with Gasteiger partial charge in [0.2, 0.25) is 65.0 Å². The molecule has 0 heterocycles. The highest BCUT2D eigenvalue weighted by molar-refractivity contribution is 5.94. The van der Waals surface area contributed by atoms with Gasteiger partial charge in [-0.3, -0.25) is 57.5 Å². The second-order valence-corrected chi connectivity index (χ2v) is 16.5. The summed E-state index contributed by atoms with van der Waals surface area (Å²) in [6.45, 7) is -5.28. The number of hydrogen-bond acceptors (Lipinski definition) is 14. The molecule has 27 nitrogen and oxygen atoms in total. The quantitative estimate of drug-likeness (QED) is 0.0416. The predicted molar refractivity (Wildman–Crippen MR) is 251 cm³/mol. The first-order chi connectivity index (χ1) is 34.0. The molecule has 12 amide bonds. The Morgan fingerprint density at radius 1 is 0.528 bits per heavy atom. The van der Waals surface area contributed by atoms with Gasteiger partial charge in [0.05, 0.1) is 65.4 Å². The second kappa shape index (κ2) is 28.1. The first kappa shape index (κ1) is 57.7. The molecule has 2 aromatic rings. The highest BCUT2D eigenvalue weighted by Crippen LogP contribution is 2.44. The molecule has 2 aromatic carbocycles. The van der Waals surface area contributed by atoms with Crippen LogP contribution in [0.2, 0.25) is 0 Å². The van der Waals surface area contributed by atoms with Gasteiger partial charge in [-0.2, -0.15) is 0 Å².